The van der Waals surface area contributed by atoms with Gasteiger partial charge in [-0.05, 0) is 30.3 Å². The van der Waals surface area contributed by atoms with Crippen molar-refractivity contribution in [1.29, 1.82) is 0 Å². The largest absolute Gasteiger partial charge is 0.485 e. The quantitative estimate of drug-likeness (QED) is 0.628. The molecule has 0 aliphatic carbocycles. The molecule has 144 valence electrons. The van der Waals surface area contributed by atoms with Crippen LogP contribution in [0.25, 0.3) is 10.2 Å². The van der Waals surface area contributed by atoms with Gasteiger partial charge in [0.2, 0.25) is 6.10 Å². The Kier molecular flexibility index (Phi) is 4.82. The minimum atomic E-state index is -0.913. The molecule has 1 aliphatic heterocycles. The Bertz CT molecular complexity index is 1140. The standard InChI is InChI=1S/C19H15FN2O5S/c1-25-17(23)9-22-12-7-6-11(20)8-16(12)28-19(22)21-18(24)15-10-26-13-4-2-3-5-14(13)27-15/h2-8,15H,9-10H2,1H3/t15-/m1/s1. The summed E-state index contributed by atoms with van der Waals surface area (Å²) in [7, 11) is 1.27. The van der Waals surface area contributed by atoms with Crippen molar-refractivity contribution in [3.8, 4) is 11.5 Å². The fraction of sp³-hybridized carbons (Fsp3) is 0.211. The molecule has 0 bridgehead atoms. The van der Waals surface area contributed by atoms with Crippen LogP contribution in [0.2, 0.25) is 0 Å². The molecule has 0 spiro atoms. The SMILES string of the molecule is COC(=O)Cn1c(=NC(=O)[C@H]2COc3ccccc3O2)sc2cc(F)ccc21. The number of rotatable bonds is 3. The molecule has 0 radical (unpaired) electrons. The molecule has 3 aromatic rings. The fourth-order valence-electron chi connectivity index (χ4n) is 2.79. The van der Waals surface area contributed by atoms with Crippen LogP contribution in [0.15, 0.2) is 47.5 Å². The van der Waals surface area contributed by atoms with Crippen molar-refractivity contribution in [2.75, 3.05) is 13.7 Å². The maximum Gasteiger partial charge on any atom is 0.325 e. The summed E-state index contributed by atoms with van der Waals surface area (Å²) in [6.45, 7) is -0.130. The van der Waals surface area contributed by atoms with Crippen LogP contribution in [-0.4, -0.2) is 36.3 Å². The number of para-hydroxylation sites is 2. The Morgan fingerprint density at radius 3 is 2.86 bits per heavy atom. The molecule has 0 N–H and O–H groups in total. The number of carbonyl (C=O) groups is 2. The summed E-state index contributed by atoms with van der Waals surface area (Å²) in [5, 5.41) is 0. The predicted molar refractivity (Wildman–Crippen MR) is 98.7 cm³/mol. The molecule has 0 saturated carbocycles. The van der Waals surface area contributed by atoms with Crippen molar-refractivity contribution in [3.05, 3.63) is 53.1 Å². The summed E-state index contributed by atoms with van der Waals surface area (Å²) in [5.74, 6) is -0.463. The van der Waals surface area contributed by atoms with E-state index in [1.54, 1.807) is 24.3 Å². The van der Waals surface area contributed by atoms with Gasteiger partial charge in [0.25, 0.3) is 5.91 Å². The van der Waals surface area contributed by atoms with Crippen LogP contribution in [0.3, 0.4) is 0 Å². The number of aromatic nitrogens is 1. The van der Waals surface area contributed by atoms with E-state index >= 15 is 0 Å². The van der Waals surface area contributed by atoms with Gasteiger partial charge in [-0.3, -0.25) is 9.59 Å². The van der Waals surface area contributed by atoms with Crippen molar-refractivity contribution in [1.82, 2.24) is 4.57 Å². The van der Waals surface area contributed by atoms with Gasteiger partial charge in [-0.1, -0.05) is 23.5 Å². The zero-order chi connectivity index (χ0) is 19.7. The zero-order valence-electron chi connectivity index (χ0n) is 14.8. The van der Waals surface area contributed by atoms with E-state index in [4.69, 9.17) is 14.2 Å². The van der Waals surface area contributed by atoms with Crippen molar-refractivity contribution in [3.63, 3.8) is 0 Å². The molecule has 7 nitrogen and oxygen atoms in total. The van der Waals surface area contributed by atoms with Gasteiger partial charge in [0.15, 0.2) is 16.3 Å². The van der Waals surface area contributed by atoms with Crippen molar-refractivity contribution in [2.45, 2.75) is 12.6 Å². The molecule has 1 aliphatic rings. The lowest BCUT2D eigenvalue weighted by atomic mass is 10.2. The topological polar surface area (TPSA) is 79.1 Å². The lowest BCUT2D eigenvalue weighted by Crippen LogP contribution is -2.37. The van der Waals surface area contributed by atoms with Crippen LogP contribution >= 0.6 is 11.3 Å². The Hall–Kier alpha value is -3.20. The molecule has 1 atom stereocenters. The molecule has 0 unspecified atom stereocenters. The summed E-state index contributed by atoms with van der Waals surface area (Å²) in [5.41, 5.74) is 0.578. The van der Waals surface area contributed by atoms with E-state index in [-0.39, 0.29) is 18.0 Å². The number of nitrogens with zero attached hydrogens (tertiary/aromatic N) is 2. The maximum absolute atomic E-state index is 13.6. The second-order valence-corrected chi connectivity index (χ2v) is 6.98. The first-order valence-corrected chi connectivity index (χ1v) is 9.19. The second-order valence-electron chi connectivity index (χ2n) is 5.97. The minimum absolute atomic E-state index is 0.0237. The van der Waals surface area contributed by atoms with E-state index in [0.29, 0.717) is 21.7 Å². The molecule has 0 saturated heterocycles. The average Bonchev–Trinajstić information content (AvgIpc) is 3.03. The summed E-state index contributed by atoms with van der Waals surface area (Å²) < 4.78 is 31.6. The Balaban J connectivity index is 1.71. The fourth-order valence-corrected chi connectivity index (χ4v) is 3.85. The number of halogens is 1. The van der Waals surface area contributed by atoms with Crippen molar-refractivity contribution >= 4 is 33.4 Å². The number of carbonyl (C=O) groups excluding carboxylic acids is 2. The lowest BCUT2D eigenvalue weighted by Gasteiger charge is -2.23. The van der Waals surface area contributed by atoms with Gasteiger partial charge in [-0.2, -0.15) is 4.99 Å². The van der Waals surface area contributed by atoms with Gasteiger partial charge in [-0.15, -0.1) is 0 Å². The average molecular weight is 402 g/mol. The van der Waals surface area contributed by atoms with E-state index in [2.05, 4.69) is 4.99 Å². The molecule has 2 aromatic carbocycles. The van der Waals surface area contributed by atoms with Crippen molar-refractivity contribution < 1.29 is 28.2 Å². The van der Waals surface area contributed by atoms with Gasteiger partial charge in [0.05, 0.1) is 17.3 Å². The number of hydrogen-bond acceptors (Lipinski definition) is 6. The van der Waals surface area contributed by atoms with E-state index in [1.165, 1.54) is 29.9 Å². The molecular formula is C19H15FN2O5S. The van der Waals surface area contributed by atoms with Crippen LogP contribution in [0.4, 0.5) is 4.39 Å². The normalized spacial score (nSPS) is 16.2. The number of fused-ring (bicyclic) bond motifs is 2. The lowest BCUT2D eigenvalue weighted by molar-refractivity contribution is -0.141. The predicted octanol–water partition coefficient (Wildman–Crippen LogP) is 2.28. The summed E-state index contributed by atoms with van der Waals surface area (Å²) >= 11 is 1.10. The van der Waals surface area contributed by atoms with Gasteiger partial charge >= 0.3 is 5.97 Å². The third-order valence-corrected chi connectivity index (χ3v) is 5.19. The number of ether oxygens (including phenoxy) is 3. The van der Waals surface area contributed by atoms with E-state index < -0.39 is 23.8 Å². The second kappa shape index (κ2) is 7.43. The van der Waals surface area contributed by atoms with Gasteiger partial charge < -0.3 is 18.8 Å². The van der Waals surface area contributed by atoms with Crippen LogP contribution in [0, 0.1) is 5.82 Å². The van der Waals surface area contributed by atoms with Gasteiger partial charge in [0.1, 0.15) is 19.0 Å². The molecule has 1 amide bonds. The Labute approximate surface area is 162 Å². The Morgan fingerprint density at radius 2 is 2.07 bits per heavy atom. The van der Waals surface area contributed by atoms with Gasteiger partial charge in [0, 0.05) is 0 Å². The number of amides is 1. The molecule has 4 rings (SSSR count). The Morgan fingerprint density at radius 1 is 1.29 bits per heavy atom. The first kappa shape index (κ1) is 18.2. The van der Waals surface area contributed by atoms with Crippen molar-refractivity contribution in [2.24, 2.45) is 4.99 Å². The summed E-state index contributed by atoms with van der Waals surface area (Å²) in [4.78, 5) is 28.8. The molecule has 9 heteroatoms. The maximum atomic E-state index is 13.6. The molecule has 1 aromatic heterocycles. The highest BCUT2D eigenvalue weighted by Gasteiger charge is 2.27. The van der Waals surface area contributed by atoms with Crippen LogP contribution in [0.5, 0.6) is 11.5 Å². The summed E-state index contributed by atoms with van der Waals surface area (Å²) in [6.07, 6.45) is -0.913. The van der Waals surface area contributed by atoms with E-state index in [9.17, 15) is 14.0 Å². The molecular weight excluding hydrogens is 387 g/mol. The van der Waals surface area contributed by atoms with Gasteiger partial charge in [-0.25, -0.2) is 4.39 Å². The van der Waals surface area contributed by atoms with Crippen LogP contribution in [0.1, 0.15) is 0 Å². The monoisotopic (exact) mass is 402 g/mol. The number of methoxy groups -OCH3 is 1. The first-order valence-electron chi connectivity index (χ1n) is 8.38. The summed E-state index contributed by atoms with van der Waals surface area (Å²) in [6, 6.07) is 11.2. The number of benzene rings is 2. The number of esters is 1. The smallest absolute Gasteiger partial charge is 0.325 e. The van der Waals surface area contributed by atoms with Crippen LogP contribution < -0.4 is 14.3 Å². The minimum Gasteiger partial charge on any atom is -0.485 e. The number of thiazole rings is 1. The first-order chi connectivity index (χ1) is 13.5. The third kappa shape index (κ3) is 3.48. The molecule has 0 fully saturated rings. The van der Waals surface area contributed by atoms with Crippen LogP contribution in [-0.2, 0) is 20.9 Å². The van der Waals surface area contributed by atoms with E-state index in [0.717, 1.165) is 11.3 Å². The van der Waals surface area contributed by atoms with E-state index in [1.807, 2.05) is 0 Å². The zero-order valence-corrected chi connectivity index (χ0v) is 15.6. The highest BCUT2D eigenvalue weighted by molar-refractivity contribution is 7.16. The molecule has 2 heterocycles. The third-order valence-electron chi connectivity index (χ3n) is 4.15. The molecule has 28 heavy (non-hydrogen) atoms. The number of hydrogen-bond donors (Lipinski definition) is 0. The highest BCUT2D eigenvalue weighted by atomic mass is 32.1. The highest BCUT2D eigenvalue weighted by Crippen LogP contribution is 2.31.